The van der Waals surface area contributed by atoms with E-state index in [9.17, 15) is 14.0 Å². The number of rotatable bonds is 5. The van der Waals surface area contributed by atoms with Gasteiger partial charge in [-0.3, -0.25) is 9.59 Å². The van der Waals surface area contributed by atoms with Gasteiger partial charge in [0.05, 0.1) is 13.0 Å². The van der Waals surface area contributed by atoms with E-state index in [4.69, 9.17) is 4.74 Å². The molecule has 1 aliphatic heterocycles. The van der Waals surface area contributed by atoms with E-state index in [1.54, 1.807) is 13.2 Å². The van der Waals surface area contributed by atoms with E-state index in [2.05, 4.69) is 5.32 Å². The van der Waals surface area contributed by atoms with Crippen LogP contribution in [-0.4, -0.2) is 41.5 Å². The van der Waals surface area contributed by atoms with Crippen LogP contribution in [0.4, 0.5) is 10.1 Å². The normalized spacial score (nSPS) is 16.8. The van der Waals surface area contributed by atoms with Crippen molar-refractivity contribution in [3.8, 4) is 5.75 Å². The van der Waals surface area contributed by atoms with Crippen LogP contribution in [-0.2, 0) is 9.59 Å². The van der Waals surface area contributed by atoms with Crippen molar-refractivity contribution in [2.75, 3.05) is 24.1 Å². The van der Waals surface area contributed by atoms with Gasteiger partial charge in [-0.15, -0.1) is 11.8 Å². The van der Waals surface area contributed by atoms with Crippen LogP contribution in [0.15, 0.2) is 54.6 Å². The maximum absolute atomic E-state index is 13.3. The minimum atomic E-state index is -0.609. The first-order valence-corrected chi connectivity index (χ1v) is 9.91. The lowest BCUT2D eigenvalue weighted by Gasteiger charge is -2.22. The summed E-state index contributed by atoms with van der Waals surface area (Å²) >= 11 is 1.51. The number of benzene rings is 2. The number of hydrogen-bond acceptors (Lipinski definition) is 4. The molecule has 1 atom stereocenters. The van der Waals surface area contributed by atoms with Gasteiger partial charge in [0.2, 0.25) is 11.8 Å². The summed E-state index contributed by atoms with van der Waals surface area (Å²) in [6.07, 6.45) is 1.52. The van der Waals surface area contributed by atoms with E-state index in [0.717, 1.165) is 11.1 Å². The maximum atomic E-state index is 13.3. The summed E-state index contributed by atoms with van der Waals surface area (Å²) in [5, 5.41) is 2.69. The second-order valence-corrected chi connectivity index (χ2v) is 7.35. The zero-order valence-electron chi connectivity index (χ0n) is 15.6. The van der Waals surface area contributed by atoms with Crippen molar-refractivity contribution in [2.45, 2.75) is 13.0 Å². The molecule has 0 aromatic heterocycles. The van der Waals surface area contributed by atoms with Crippen molar-refractivity contribution in [1.82, 2.24) is 4.90 Å². The number of thioether (sulfide) groups is 1. The Labute approximate surface area is 167 Å². The number of allylic oxidation sites excluding steroid dienone is 1. The van der Waals surface area contributed by atoms with Gasteiger partial charge in [-0.05, 0) is 36.8 Å². The van der Waals surface area contributed by atoms with Crippen LogP contribution >= 0.6 is 11.8 Å². The molecular weight excluding hydrogens is 379 g/mol. The number of nitrogens with one attached hydrogen (secondary N) is 1. The first-order valence-electron chi connectivity index (χ1n) is 8.76. The third-order valence-corrected chi connectivity index (χ3v) is 5.44. The summed E-state index contributed by atoms with van der Waals surface area (Å²) < 4.78 is 18.7. The molecule has 1 fully saturated rings. The number of amides is 2. The quantitative estimate of drug-likeness (QED) is 0.776. The van der Waals surface area contributed by atoms with Crippen molar-refractivity contribution < 1.29 is 18.7 Å². The van der Waals surface area contributed by atoms with Crippen molar-refractivity contribution in [1.29, 1.82) is 0 Å². The Kier molecular flexibility index (Phi) is 6.36. The minimum Gasteiger partial charge on any atom is -0.496 e. The highest BCUT2D eigenvalue weighted by atomic mass is 32.2. The number of anilines is 1. The first kappa shape index (κ1) is 19.9. The van der Waals surface area contributed by atoms with Gasteiger partial charge in [-0.2, -0.15) is 0 Å². The van der Waals surface area contributed by atoms with Crippen molar-refractivity contribution in [3.63, 3.8) is 0 Å². The Balaban J connectivity index is 1.74. The van der Waals surface area contributed by atoms with Crippen LogP contribution in [0.25, 0.3) is 5.57 Å². The van der Waals surface area contributed by atoms with E-state index < -0.39 is 11.9 Å². The summed E-state index contributed by atoms with van der Waals surface area (Å²) in [5.41, 5.74) is 1.95. The smallest absolute Gasteiger partial charge is 0.248 e. The summed E-state index contributed by atoms with van der Waals surface area (Å²) in [6, 6.07) is 12.5. The zero-order chi connectivity index (χ0) is 20.1. The second-order valence-electron chi connectivity index (χ2n) is 6.35. The van der Waals surface area contributed by atoms with Crippen LogP contribution in [0.3, 0.4) is 0 Å². The van der Waals surface area contributed by atoms with E-state index in [1.165, 1.54) is 40.9 Å². The molecule has 0 radical (unpaired) electrons. The molecule has 0 aliphatic carbocycles. The molecule has 3 rings (SSSR count). The maximum Gasteiger partial charge on any atom is 0.248 e. The fourth-order valence-electron chi connectivity index (χ4n) is 2.99. The zero-order valence-corrected chi connectivity index (χ0v) is 16.5. The van der Waals surface area contributed by atoms with Gasteiger partial charge in [-0.1, -0.05) is 24.3 Å². The molecule has 1 aliphatic rings. The summed E-state index contributed by atoms with van der Waals surface area (Å²) in [6.45, 7) is 1.83. The highest BCUT2D eigenvalue weighted by Gasteiger charge is 2.34. The van der Waals surface area contributed by atoms with Gasteiger partial charge in [0.1, 0.15) is 17.6 Å². The van der Waals surface area contributed by atoms with E-state index in [0.29, 0.717) is 23.1 Å². The lowest BCUT2D eigenvalue weighted by molar-refractivity contribution is -0.132. The number of halogens is 1. The average Bonchev–Trinajstić information content (AvgIpc) is 3.18. The summed E-state index contributed by atoms with van der Waals surface area (Å²) in [4.78, 5) is 26.9. The number of hydrogen-bond donors (Lipinski definition) is 1. The molecule has 28 heavy (non-hydrogen) atoms. The Hall–Kier alpha value is -2.80. The average molecular weight is 400 g/mol. The van der Waals surface area contributed by atoms with E-state index in [-0.39, 0.29) is 11.8 Å². The Morgan fingerprint density at radius 3 is 2.79 bits per heavy atom. The Morgan fingerprint density at radius 2 is 2.04 bits per heavy atom. The molecule has 0 saturated carbocycles. The number of para-hydroxylation sites is 1. The van der Waals surface area contributed by atoms with E-state index >= 15 is 0 Å². The van der Waals surface area contributed by atoms with Crippen LogP contribution in [0.2, 0.25) is 0 Å². The SMILES string of the molecule is COc1ccccc1/C(C)=C/C(=O)N1CSCC1C(=O)Nc1cccc(F)c1. The predicted molar refractivity (Wildman–Crippen MR) is 110 cm³/mol. The monoisotopic (exact) mass is 400 g/mol. The number of carbonyl (C=O) groups excluding carboxylic acids is 2. The van der Waals surface area contributed by atoms with Gasteiger partial charge in [0.25, 0.3) is 0 Å². The largest absolute Gasteiger partial charge is 0.496 e. The lowest BCUT2D eigenvalue weighted by atomic mass is 10.1. The summed E-state index contributed by atoms with van der Waals surface area (Å²) in [7, 11) is 1.58. The molecule has 7 heteroatoms. The van der Waals surface area contributed by atoms with Gasteiger partial charge < -0.3 is 15.0 Å². The van der Waals surface area contributed by atoms with Crippen molar-refractivity contribution in [3.05, 3.63) is 66.0 Å². The van der Waals surface area contributed by atoms with Crippen molar-refractivity contribution >= 4 is 34.8 Å². The van der Waals surface area contributed by atoms with Crippen LogP contribution < -0.4 is 10.1 Å². The van der Waals surface area contributed by atoms with Crippen LogP contribution in [0.5, 0.6) is 5.75 Å². The molecule has 1 saturated heterocycles. The topological polar surface area (TPSA) is 58.6 Å². The van der Waals surface area contributed by atoms with E-state index in [1.807, 2.05) is 31.2 Å². The lowest BCUT2D eigenvalue weighted by Crippen LogP contribution is -2.44. The molecule has 1 N–H and O–H groups in total. The molecule has 146 valence electrons. The fraction of sp³-hybridized carbons (Fsp3) is 0.238. The molecule has 2 amide bonds. The highest BCUT2D eigenvalue weighted by molar-refractivity contribution is 7.99. The molecule has 5 nitrogen and oxygen atoms in total. The Morgan fingerprint density at radius 1 is 1.25 bits per heavy atom. The fourth-order valence-corrected chi connectivity index (χ4v) is 4.15. The molecule has 1 unspecified atom stereocenters. The third-order valence-electron chi connectivity index (χ3n) is 4.43. The highest BCUT2D eigenvalue weighted by Crippen LogP contribution is 2.27. The predicted octanol–water partition coefficient (Wildman–Crippen LogP) is 3.78. The number of ether oxygens (including phenoxy) is 1. The number of carbonyl (C=O) groups is 2. The minimum absolute atomic E-state index is 0.243. The number of methoxy groups -OCH3 is 1. The summed E-state index contributed by atoms with van der Waals surface area (Å²) in [5.74, 6) is 0.603. The van der Waals surface area contributed by atoms with Gasteiger partial charge >= 0.3 is 0 Å². The molecule has 0 spiro atoms. The third kappa shape index (κ3) is 4.54. The first-order chi connectivity index (χ1) is 13.5. The van der Waals surface area contributed by atoms with Gasteiger partial charge in [-0.25, -0.2) is 4.39 Å². The van der Waals surface area contributed by atoms with Crippen LogP contribution in [0.1, 0.15) is 12.5 Å². The molecule has 0 bridgehead atoms. The molecule has 2 aromatic rings. The van der Waals surface area contributed by atoms with Crippen molar-refractivity contribution in [2.24, 2.45) is 0 Å². The molecule has 2 aromatic carbocycles. The van der Waals surface area contributed by atoms with Gasteiger partial charge in [0.15, 0.2) is 0 Å². The van der Waals surface area contributed by atoms with Crippen LogP contribution in [0, 0.1) is 5.82 Å². The second kappa shape index (κ2) is 8.93. The van der Waals surface area contributed by atoms with Gasteiger partial charge in [0, 0.05) is 23.1 Å². The standard InChI is InChI=1S/C21H21FN2O3S/c1-14(17-8-3-4-9-19(17)27-2)10-20(25)24-13-28-12-18(24)21(26)23-16-7-5-6-15(22)11-16/h3-11,18H,12-13H2,1-2H3,(H,23,26)/b14-10+. The molecule has 1 heterocycles. The molecular formula is C21H21FN2O3S. The Bertz CT molecular complexity index is 916. The number of nitrogens with zero attached hydrogens (tertiary/aromatic N) is 1.